The molecule has 4 N–H and O–H groups in total. The second-order valence-electron chi connectivity index (χ2n) is 4.29. The van der Waals surface area contributed by atoms with Gasteiger partial charge in [0.15, 0.2) is 0 Å². The van der Waals surface area contributed by atoms with E-state index >= 15 is 0 Å². The van der Waals surface area contributed by atoms with E-state index in [0.29, 0.717) is 12.2 Å². The van der Waals surface area contributed by atoms with Gasteiger partial charge in [-0.2, -0.15) is 0 Å². The minimum Gasteiger partial charge on any atom is -0.325 e. The molecule has 0 aliphatic heterocycles. The second kappa shape index (κ2) is 6.50. The van der Waals surface area contributed by atoms with Crippen molar-refractivity contribution >= 4 is 11.6 Å². The molecule has 0 unspecified atom stereocenters. The molecule has 0 aliphatic rings. The van der Waals surface area contributed by atoms with Crippen LogP contribution < -0.4 is 16.6 Å². The fourth-order valence-corrected chi connectivity index (χ4v) is 1.69. The van der Waals surface area contributed by atoms with Crippen LogP contribution in [0.4, 0.5) is 5.69 Å². The normalized spacial score (nSPS) is 9.62. The molecule has 0 spiro atoms. The molecule has 0 fully saturated rings. The number of aromatic amines is 1. The van der Waals surface area contributed by atoms with E-state index in [1.54, 1.807) is 12.1 Å². The summed E-state index contributed by atoms with van der Waals surface area (Å²) in [7, 11) is 0. The van der Waals surface area contributed by atoms with Crippen LogP contribution in [0, 0.1) is 18.8 Å². The van der Waals surface area contributed by atoms with Crippen molar-refractivity contribution in [3.63, 3.8) is 0 Å². The highest BCUT2D eigenvalue weighted by Crippen LogP contribution is 2.16. The average molecular weight is 282 g/mol. The van der Waals surface area contributed by atoms with Gasteiger partial charge >= 0.3 is 0 Å². The van der Waals surface area contributed by atoms with Crippen LogP contribution in [0.2, 0.25) is 0 Å². The number of carbonyl (C=O) groups excluding carboxylic acids is 1. The number of rotatable bonds is 2. The number of nitrogens with zero attached hydrogens (tertiary/aromatic N) is 1. The van der Waals surface area contributed by atoms with Gasteiger partial charge in [0.1, 0.15) is 5.69 Å². The molecule has 0 radical (unpaired) electrons. The lowest BCUT2D eigenvalue weighted by Gasteiger charge is -2.08. The van der Waals surface area contributed by atoms with E-state index in [-0.39, 0.29) is 11.3 Å². The van der Waals surface area contributed by atoms with Crippen molar-refractivity contribution < 1.29 is 4.79 Å². The van der Waals surface area contributed by atoms with Crippen molar-refractivity contribution in [1.82, 2.24) is 9.97 Å². The number of hydrogen-bond donors (Lipinski definition) is 3. The van der Waals surface area contributed by atoms with Gasteiger partial charge in [-0.25, -0.2) is 4.98 Å². The zero-order valence-electron chi connectivity index (χ0n) is 11.4. The fourth-order valence-electron chi connectivity index (χ4n) is 1.69. The monoisotopic (exact) mass is 282 g/mol. The number of aryl methyl sites for hydroxylation is 1. The fraction of sp³-hybridized carbons (Fsp3) is 0.133. The molecular formula is C15H14N4O2. The number of amides is 1. The SMILES string of the molecule is Cc1cc(C#CCN)ccc1NC(=O)c1c[nH]c(=O)cn1. The van der Waals surface area contributed by atoms with Crippen LogP contribution in [0.5, 0.6) is 0 Å². The first-order chi connectivity index (χ1) is 10.1. The van der Waals surface area contributed by atoms with Gasteiger partial charge in [-0.3, -0.25) is 9.59 Å². The Labute approximate surface area is 121 Å². The van der Waals surface area contributed by atoms with Crippen molar-refractivity contribution in [2.45, 2.75) is 6.92 Å². The summed E-state index contributed by atoms with van der Waals surface area (Å²) in [6, 6.07) is 5.42. The molecule has 6 nitrogen and oxygen atoms in total. The van der Waals surface area contributed by atoms with Gasteiger partial charge in [0.25, 0.3) is 11.5 Å². The van der Waals surface area contributed by atoms with Crippen LogP contribution >= 0.6 is 0 Å². The maximum absolute atomic E-state index is 12.0. The summed E-state index contributed by atoms with van der Waals surface area (Å²) in [5, 5.41) is 2.73. The van der Waals surface area contributed by atoms with Gasteiger partial charge in [-0.15, -0.1) is 0 Å². The molecule has 0 saturated carbocycles. The number of hydrogen-bond acceptors (Lipinski definition) is 4. The zero-order valence-corrected chi connectivity index (χ0v) is 11.4. The van der Waals surface area contributed by atoms with E-state index in [2.05, 4.69) is 27.1 Å². The van der Waals surface area contributed by atoms with E-state index in [1.807, 2.05) is 13.0 Å². The lowest BCUT2D eigenvalue weighted by atomic mass is 10.1. The standard InChI is InChI=1S/C15H14N4O2/c1-10-7-11(3-2-6-16)4-5-12(10)19-15(21)13-8-18-14(20)9-17-13/h4-5,7-9H,6,16H2,1H3,(H,18,20)(H,19,21). The van der Waals surface area contributed by atoms with Crippen LogP contribution in [-0.2, 0) is 0 Å². The molecule has 106 valence electrons. The number of nitrogens with two attached hydrogens (primary N) is 1. The first kappa shape index (κ1) is 14.5. The van der Waals surface area contributed by atoms with E-state index in [0.717, 1.165) is 17.3 Å². The predicted molar refractivity (Wildman–Crippen MR) is 79.9 cm³/mol. The smallest absolute Gasteiger partial charge is 0.275 e. The molecule has 6 heteroatoms. The number of carbonyl (C=O) groups is 1. The topological polar surface area (TPSA) is 101 Å². The van der Waals surface area contributed by atoms with E-state index in [9.17, 15) is 9.59 Å². The largest absolute Gasteiger partial charge is 0.325 e. The third-order valence-electron chi connectivity index (χ3n) is 2.71. The van der Waals surface area contributed by atoms with Gasteiger partial charge in [-0.05, 0) is 30.7 Å². The van der Waals surface area contributed by atoms with Gasteiger partial charge in [-0.1, -0.05) is 11.8 Å². The van der Waals surface area contributed by atoms with Crippen LogP contribution in [0.25, 0.3) is 0 Å². The summed E-state index contributed by atoms with van der Waals surface area (Å²) in [5.74, 6) is 5.30. The Morgan fingerprint density at radius 3 is 2.90 bits per heavy atom. The molecule has 1 aromatic carbocycles. The van der Waals surface area contributed by atoms with Crippen molar-refractivity contribution in [1.29, 1.82) is 0 Å². The van der Waals surface area contributed by atoms with Gasteiger partial charge in [0.05, 0.1) is 12.7 Å². The van der Waals surface area contributed by atoms with Crippen LogP contribution in [0.1, 0.15) is 21.6 Å². The molecule has 2 rings (SSSR count). The molecule has 0 aliphatic carbocycles. The number of benzene rings is 1. The Morgan fingerprint density at radius 1 is 1.48 bits per heavy atom. The summed E-state index contributed by atoms with van der Waals surface area (Å²) >= 11 is 0. The summed E-state index contributed by atoms with van der Waals surface area (Å²) < 4.78 is 0. The highest BCUT2D eigenvalue weighted by molar-refractivity contribution is 6.03. The molecule has 0 bridgehead atoms. The summed E-state index contributed by atoms with van der Waals surface area (Å²) in [6.07, 6.45) is 2.33. The minimum atomic E-state index is -0.393. The molecule has 1 aromatic heterocycles. The summed E-state index contributed by atoms with van der Waals surface area (Å²) in [6.45, 7) is 2.17. The predicted octanol–water partition coefficient (Wildman–Crippen LogP) is 0.641. The number of anilines is 1. The van der Waals surface area contributed by atoms with Crippen LogP contribution in [0.15, 0.2) is 35.4 Å². The summed E-state index contributed by atoms with van der Waals surface area (Å²) in [5.41, 5.74) is 7.47. The highest BCUT2D eigenvalue weighted by atomic mass is 16.2. The van der Waals surface area contributed by atoms with Crippen LogP contribution in [-0.4, -0.2) is 22.4 Å². The second-order valence-corrected chi connectivity index (χ2v) is 4.29. The van der Waals surface area contributed by atoms with E-state index in [1.165, 1.54) is 6.20 Å². The average Bonchev–Trinajstić information content (AvgIpc) is 2.48. The molecule has 0 atom stereocenters. The van der Waals surface area contributed by atoms with E-state index in [4.69, 9.17) is 5.73 Å². The highest BCUT2D eigenvalue weighted by Gasteiger charge is 2.09. The Bertz CT molecular complexity index is 764. The Balaban J connectivity index is 2.17. The molecule has 1 heterocycles. The Morgan fingerprint density at radius 2 is 2.29 bits per heavy atom. The molecule has 0 saturated heterocycles. The quantitative estimate of drug-likeness (QED) is 0.704. The first-order valence-electron chi connectivity index (χ1n) is 6.26. The molecular weight excluding hydrogens is 268 g/mol. The van der Waals surface area contributed by atoms with Gasteiger partial charge < -0.3 is 16.0 Å². The number of aromatic nitrogens is 2. The minimum absolute atomic E-state index is 0.140. The maximum atomic E-state index is 12.0. The van der Waals surface area contributed by atoms with Crippen molar-refractivity contribution in [3.05, 3.63) is 57.8 Å². The lowest BCUT2D eigenvalue weighted by Crippen LogP contribution is -2.17. The van der Waals surface area contributed by atoms with Crippen molar-refractivity contribution in [2.75, 3.05) is 11.9 Å². The van der Waals surface area contributed by atoms with Crippen LogP contribution in [0.3, 0.4) is 0 Å². The molecule has 2 aromatic rings. The van der Waals surface area contributed by atoms with Gasteiger partial charge in [0.2, 0.25) is 0 Å². The Kier molecular flexibility index (Phi) is 4.49. The molecule has 1 amide bonds. The third kappa shape index (κ3) is 3.78. The lowest BCUT2D eigenvalue weighted by molar-refractivity contribution is 0.102. The molecule has 21 heavy (non-hydrogen) atoms. The zero-order chi connectivity index (χ0) is 15.2. The first-order valence-corrected chi connectivity index (χ1v) is 6.26. The third-order valence-corrected chi connectivity index (χ3v) is 2.71. The van der Waals surface area contributed by atoms with Crippen molar-refractivity contribution in [2.24, 2.45) is 5.73 Å². The summed E-state index contributed by atoms with van der Waals surface area (Å²) in [4.78, 5) is 29.1. The van der Waals surface area contributed by atoms with Gasteiger partial charge in [0, 0.05) is 17.4 Å². The maximum Gasteiger partial charge on any atom is 0.275 e. The Hall–Kier alpha value is -2.91. The van der Waals surface area contributed by atoms with E-state index < -0.39 is 5.91 Å². The number of nitrogens with one attached hydrogen (secondary N) is 2. The van der Waals surface area contributed by atoms with Crippen molar-refractivity contribution in [3.8, 4) is 11.8 Å². The number of H-pyrrole nitrogens is 1.